The number of nitrogens with one attached hydrogen (secondary N) is 1. The van der Waals surface area contributed by atoms with Gasteiger partial charge >= 0.3 is 5.97 Å². The second-order valence-corrected chi connectivity index (χ2v) is 8.53. The van der Waals surface area contributed by atoms with Crippen LogP contribution in [-0.4, -0.2) is 33.9 Å². The van der Waals surface area contributed by atoms with E-state index < -0.39 is 12.0 Å². The Morgan fingerprint density at radius 2 is 1.79 bits per heavy atom. The lowest BCUT2D eigenvalue weighted by Crippen LogP contribution is -2.43. The van der Waals surface area contributed by atoms with Crippen LogP contribution in [0.4, 0.5) is 0 Å². The first-order chi connectivity index (χ1) is 16.1. The Balaban J connectivity index is 1.37. The van der Waals surface area contributed by atoms with E-state index >= 15 is 0 Å². The Kier molecular flexibility index (Phi) is 7.42. The largest absolute Gasteiger partial charge is 0.464 e. The van der Waals surface area contributed by atoms with Crippen LogP contribution in [0.1, 0.15) is 28.5 Å². The standard InChI is InChI=1S/C26H25N3O3S/c1-2-32-26(31)23(16-19-8-4-3-5-9-19)28-25(30)20-11-13-22(14-12-20)33-18-21-17-29-15-7-6-10-24(29)27-21/h3-15,17,23H,2,16,18H2,1H3,(H,28,30). The first kappa shape index (κ1) is 22.6. The van der Waals surface area contributed by atoms with E-state index in [1.54, 1.807) is 30.8 Å². The van der Waals surface area contributed by atoms with Gasteiger partial charge in [-0.3, -0.25) is 4.79 Å². The molecule has 1 unspecified atom stereocenters. The summed E-state index contributed by atoms with van der Waals surface area (Å²) in [5.74, 6) is -0.00916. The molecule has 1 amide bonds. The van der Waals surface area contributed by atoms with E-state index in [1.807, 2.05) is 77.5 Å². The second kappa shape index (κ2) is 10.8. The SMILES string of the molecule is CCOC(=O)C(Cc1ccccc1)NC(=O)c1ccc(SCc2cn3ccccc3n2)cc1. The lowest BCUT2D eigenvalue weighted by atomic mass is 10.1. The molecule has 4 rings (SSSR count). The third-order valence-electron chi connectivity index (χ3n) is 5.08. The maximum atomic E-state index is 12.8. The number of amides is 1. The Morgan fingerprint density at radius 3 is 2.52 bits per heavy atom. The highest BCUT2D eigenvalue weighted by molar-refractivity contribution is 7.98. The van der Waals surface area contributed by atoms with Crippen LogP contribution in [0.3, 0.4) is 0 Å². The fraction of sp³-hybridized carbons (Fsp3) is 0.192. The lowest BCUT2D eigenvalue weighted by molar-refractivity contribution is -0.145. The number of ether oxygens (including phenoxy) is 1. The van der Waals surface area contributed by atoms with Gasteiger partial charge in [0.25, 0.3) is 5.91 Å². The van der Waals surface area contributed by atoms with E-state index in [-0.39, 0.29) is 12.5 Å². The molecule has 7 heteroatoms. The zero-order chi connectivity index (χ0) is 23.0. The van der Waals surface area contributed by atoms with Crippen LogP contribution in [0.5, 0.6) is 0 Å². The van der Waals surface area contributed by atoms with Crippen molar-refractivity contribution in [2.24, 2.45) is 0 Å². The molecular formula is C26H25N3O3S. The summed E-state index contributed by atoms with van der Waals surface area (Å²) < 4.78 is 7.16. The molecule has 0 fully saturated rings. The molecule has 2 aromatic heterocycles. The molecule has 33 heavy (non-hydrogen) atoms. The van der Waals surface area contributed by atoms with Gasteiger partial charge in [-0.15, -0.1) is 11.8 Å². The molecule has 0 aliphatic heterocycles. The first-order valence-corrected chi connectivity index (χ1v) is 11.8. The fourth-order valence-electron chi connectivity index (χ4n) is 3.44. The molecule has 168 valence electrons. The van der Waals surface area contributed by atoms with Gasteiger partial charge in [-0.1, -0.05) is 36.4 Å². The third kappa shape index (κ3) is 6.02. The molecule has 0 bridgehead atoms. The molecule has 0 aliphatic carbocycles. The molecule has 2 heterocycles. The summed E-state index contributed by atoms with van der Waals surface area (Å²) in [5, 5.41) is 2.83. The van der Waals surface area contributed by atoms with E-state index in [4.69, 9.17) is 4.74 Å². The van der Waals surface area contributed by atoms with Gasteiger partial charge in [0.1, 0.15) is 11.7 Å². The van der Waals surface area contributed by atoms with Crippen LogP contribution in [0.25, 0.3) is 5.65 Å². The highest BCUT2D eigenvalue weighted by atomic mass is 32.2. The maximum Gasteiger partial charge on any atom is 0.328 e. The number of esters is 1. The Bertz CT molecular complexity index is 1190. The van der Waals surface area contributed by atoms with Crippen molar-refractivity contribution in [2.75, 3.05) is 6.61 Å². The number of aromatic nitrogens is 2. The Labute approximate surface area is 197 Å². The molecule has 1 N–H and O–H groups in total. The number of pyridine rings is 1. The molecule has 1 atom stereocenters. The predicted molar refractivity (Wildman–Crippen MR) is 129 cm³/mol. The average molecular weight is 460 g/mol. The number of nitrogens with zero attached hydrogens (tertiary/aromatic N) is 2. The highest BCUT2D eigenvalue weighted by Gasteiger charge is 2.23. The minimum atomic E-state index is -0.746. The summed E-state index contributed by atoms with van der Waals surface area (Å²) in [6.07, 6.45) is 4.37. The van der Waals surface area contributed by atoms with E-state index in [0.29, 0.717) is 12.0 Å². The van der Waals surface area contributed by atoms with Gasteiger partial charge in [0.2, 0.25) is 0 Å². The number of benzene rings is 2. The van der Waals surface area contributed by atoms with Crippen LogP contribution >= 0.6 is 11.8 Å². The number of hydrogen-bond donors (Lipinski definition) is 1. The van der Waals surface area contributed by atoms with Crippen molar-refractivity contribution in [1.82, 2.24) is 14.7 Å². The molecule has 0 saturated heterocycles. The van der Waals surface area contributed by atoms with Crippen molar-refractivity contribution < 1.29 is 14.3 Å². The summed E-state index contributed by atoms with van der Waals surface area (Å²) >= 11 is 1.65. The molecule has 4 aromatic rings. The number of thioether (sulfide) groups is 1. The zero-order valence-corrected chi connectivity index (χ0v) is 19.1. The van der Waals surface area contributed by atoms with Gasteiger partial charge in [0.15, 0.2) is 0 Å². The summed E-state index contributed by atoms with van der Waals surface area (Å²) in [6, 6.07) is 22.1. The number of rotatable bonds is 9. The van der Waals surface area contributed by atoms with E-state index in [0.717, 1.165) is 27.6 Å². The van der Waals surface area contributed by atoms with Gasteiger partial charge in [-0.05, 0) is 48.9 Å². The average Bonchev–Trinajstić information content (AvgIpc) is 3.26. The Morgan fingerprint density at radius 1 is 1.03 bits per heavy atom. The van der Waals surface area contributed by atoms with Crippen molar-refractivity contribution in [1.29, 1.82) is 0 Å². The van der Waals surface area contributed by atoms with Crippen LogP contribution in [0, 0.1) is 0 Å². The number of carbonyl (C=O) groups is 2. The van der Waals surface area contributed by atoms with Crippen molar-refractivity contribution in [3.63, 3.8) is 0 Å². The van der Waals surface area contributed by atoms with Crippen LogP contribution in [-0.2, 0) is 21.7 Å². The van der Waals surface area contributed by atoms with Crippen LogP contribution in [0.15, 0.2) is 90.1 Å². The van der Waals surface area contributed by atoms with Gasteiger partial charge in [-0.2, -0.15) is 0 Å². The zero-order valence-electron chi connectivity index (χ0n) is 18.3. The van der Waals surface area contributed by atoms with Crippen molar-refractivity contribution >= 4 is 29.3 Å². The number of fused-ring (bicyclic) bond motifs is 1. The minimum absolute atomic E-state index is 0.262. The maximum absolute atomic E-state index is 12.8. The highest BCUT2D eigenvalue weighted by Crippen LogP contribution is 2.23. The number of hydrogen-bond acceptors (Lipinski definition) is 5. The molecule has 6 nitrogen and oxygen atoms in total. The summed E-state index contributed by atoms with van der Waals surface area (Å²) in [6.45, 7) is 2.01. The van der Waals surface area contributed by atoms with Crippen LogP contribution in [0.2, 0.25) is 0 Å². The number of imidazole rings is 1. The molecule has 0 radical (unpaired) electrons. The fourth-order valence-corrected chi connectivity index (χ4v) is 4.23. The summed E-state index contributed by atoms with van der Waals surface area (Å²) in [7, 11) is 0. The smallest absolute Gasteiger partial charge is 0.328 e. The van der Waals surface area contributed by atoms with Crippen molar-refractivity contribution in [3.05, 3.63) is 102 Å². The third-order valence-corrected chi connectivity index (χ3v) is 6.12. The molecule has 0 saturated carbocycles. The van der Waals surface area contributed by atoms with Gasteiger partial charge in [0, 0.05) is 35.0 Å². The number of carbonyl (C=O) groups excluding carboxylic acids is 2. The summed E-state index contributed by atoms with van der Waals surface area (Å²) in [4.78, 5) is 30.9. The minimum Gasteiger partial charge on any atom is -0.464 e. The van der Waals surface area contributed by atoms with E-state index in [1.165, 1.54) is 0 Å². The first-order valence-electron chi connectivity index (χ1n) is 10.8. The van der Waals surface area contributed by atoms with Crippen molar-refractivity contribution in [2.45, 2.75) is 30.0 Å². The molecule has 2 aromatic carbocycles. The Hall–Kier alpha value is -3.58. The normalized spacial score (nSPS) is 11.8. The van der Waals surface area contributed by atoms with E-state index in [9.17, 15) is 9.59 Å². The van der Waals surface area contributed by atoms with Gasteiger partial charge in [-0.25, -0.2) is 9.78 Å². The van der Waals surface area contributed by atoms with Gasteiger partial charge in [0.05, 0.1) is 12.3 Å². The topological polar surface area (TPSA) is 72.7 Å². The molecular weight excluding hydrogens is 434 g/mol. The lowest BCUT2D eigenvalue weighted by Gasteiger charge is -2.17. The molecule has 0 aliphatic rings. The van der Waals surface area contributed by atoms with Gasteiger partial charge < -0.3 is 14.5 Å². The molecule has 0 spiro atoms. The van der Waals surface area contributed by atoms with Crippen LogP contribution < -0.4 is 5.32 Å². The quantitative estimate of drug-likeness (QED) is 0.294. The second-order valence-electron chi connectivity index (χ2n) is 7.48. The summed E-state index contributed by atoms with van der Waals surface area (Å²) in [5.41, 5.74) is 3.36. The predicted octanol–water partition coefficient (Wildman–Crippen LogP) is 4.53. The van der Waals surface area contributed by atoms with Crippen molar-refractivity contribution in [3.8, 4) is 0 Å². The monoisotopic (exact) mass is 459 g/mol. The van der Waals surface area contributed by atoms with E-state index in [2.05, 4.69) is 10.3 Å².